The summed E-state index contributed by atoms with van der Waals surface area (Å²) in [5.74, 6) is -0.414. The number of amides is 1. The predicted molar refractivity (Wildman–Crippen MR) is 70.7 cm³/mol. The minimum Gasteiger partial charge on any atom is -0.744 e. The molecule has 0 heterocycles. The molecular weight excluding hydrogens is 289 g/mol. The zero-order chi connectivity index (χ0) is 14.0. The van der Waals surface area contributed by atoms with Crippen LogP contribution in [0.25, 0.3) is 10.8 Å². The number of anilines is 1. The van der Waals surface area contributed by atoms with Crippen molar-refractivity contribution in [1.82, 2.24) is 0 Å². The zero-order valence-corrected chi connectivity index (χ0v) is 13.6. The van der Waals surface area contributed by atoms with Crippen LogP contribution in [0.2, 0.25) is 0 Å². The van der Waals surface area contributed by atoms with E-state index in [1.54, 1.807) is 18.2 Å². The fraction of sp³-hybridized carbons (Fsp3) is 0. The average Bonchev–Trinajstić information content (AvgIpc) is 2.37. The molecule has 0 bridgehead atoms. The second-order valence-corrected chi connectivity index (χ2v) is 5.15. The van der Waals surface area contributed by atoms with Crippen LogP contribution in [-0.4, -0.2) is 18.9 Å². The number of hydrogen-bond donors (Lipinski definition) is 1. The second-order valence-electron chi connectivity index (χ2n) is 3.80. The van der Waals surface area contributed by atoms with Crippen molar-refractivity contribution < 1.29 is 47.3 Å². The van der Waals surface area contributed by atoms with Crippen molar-refractivity contribution in [3.05, 3.63) is 49.1 Å². The van der Waals surface area contributed by atoms with E-state index in [1.807, 2.05) is 0 Å². The van der Waals surface area contributed by atoms with Gasteiger partial charge in [-0.3, -0.25) is 4.79 Å². The van der Waals surface area contributed by atoms with Crippen LogP contribution in [0.4, 0.5) is 5.69 Å². The first-order valence-corrected chi connectivity index (χ1v) is 6.75. The van der Waals surface area contributed by atoms with E-state index in [1.165, 1.54) is 18.2 Å². The smallest absolute Gasteiger partial charge is 0.744 e. The largest absolute Gasteiger partial charge is 1.00 e. The van der Waals surface area contributed by atoms with Crippen LogP contribution >= 0.6 is 0 Å². The zero-order valence-electron chi connectivity index (χ0n) is 10.8. The topological polar surface area (TPSA) is 86.3 Å². The Bertz CT molecular complexity index is 771. The number of carbonyl (C=O) groups is 1. The van der Waals surface area contributed by atoms with Crippen molar-refractivity contribution in [2.45, 2.75) is 4.90 Å². The van der Waals surface area contributed by atoms with Gasteiger partial charge in [0, 0.05) is 16.5 Å². The van der Waals surface area contributed by atoms with E-state index in [0.29, 0.717) is 11.1 Å². The van der Waals surface area contributed by atoms with Gasteiger partial charge in [-0.25, -0.2) is 8.42 Å². The van der Waals surface area contributed by atoms with Gasteiger partial charge in [-0.15, -0.1) is 0 Å². The van der Waals surface area contributed by atoms with Crippen molar-refractivity contribution in [2.75, 3.05) is 5.32 Å². The van der Waals surface area contributed by atoms with Gasteiger partial charge in [-0.2, -0.15) is 0 Å². The first-order valence-electron chi connectivity index (χ1n) is 5.34. The molecule has 1 N–H and O–H groups in total. The molecule has 0 spiro atoms. The number of carbonyl (C=O) groups excluding carboxylic acids is 1. The van der Waals surface area contributed by atoms with Crippen LogP contribution < -0.4 is 34.9 Å². The van der Waals surface area contributed by atoms with Crippen molar-refractivity contribution in [3.8, 4) is 0 Å². The maximum absolute atomic E-state index is 11.3. The summed E-state index contributed by atoms with van der Waals surface area (Å²) in [6, 6.07) is 9.02. The summed E-state index contributed by atoms with van der Waals surface area (Å²) in [5, 5.41) is 3.32. The monoisotopic (exact) mass is 299 g/mol. The van der Waals surface area contributed by atoms with Gasteiger partial charge in [0.05, 0.1) is 4.90 Å². The summed E-state index contributed by atoms with van der Waals surface area (Å²) in [6.45, 7) is 3.34. The van der Waals surface area contributed by atoms with Crippen molar-refractivity contribution in [3.63, 3.8) is 0 Å². The fourth-order valence-electron chi connectivity index (χ4n) is 1.79. The molecule has 7 heteroatoms. The molecule has 2 aromatic rings. The molecule has 1 amide bonds. The summed E-state index contributed by atoms with van der Waals surface area (Å²) in [5.41, 5.74) is 0.424. The summed E-state index contributed by atoms with van der Waals surface area (Å²) in [4.78, 5) is 11.0. The van der Waals surface area contributed by atoms with Crippen LogP contribution in [0, 0.1) is 0 Å². The molecule has 0 aliphatic heterocycles. The number of nitrogens with one attached hydrogen (secondary N) is 1. The van der Waals surface area contributed by atoms with E-state index in [2.05, 4.69) is 11.9 Å². The summed E-state index contributed by atoms with van der Waals surface area (Å²) >= 11 is 0. The number of rotatable bonds is 3. The summed E-state index contributed by atoms with van der Waals surface area (Å²) < 4.78 is 33.5. The third-order valence-corrected chi connectivity index (χ3v) is 3.49. The number of benzene rings is 2. The predicted octanol–water partition coefficient (Wildman–Crippen LogP) is -1.13. The molecule has 2 rings (SSSR count). The molecule has 98 valence electrons. The van der Waals surface area contributed by atoms with Gasteiger partial charge in [-0.05, 0) is 18.2 Å². The molecule has 5 nitrogen and oxygen atoms in total. The first kappa shape index (κ1) is 16.9. The van der Waals surface area contributed by atoms with E-state index in [9.17, 15) is 17.8 Å². The minimum absolute atomic E-state index is 0. The minimum atomic E-state index is -4.56. The Morgan fingerprint density at radius 2 is 1.75 bits per heavy atom. The Labute approximate surface area is 138 Å². The standard InChI is InChI=1S/C13H11NO4S.Na/c1-2-13(15)14-11-7-3-6-10-9(11)5-4-8-12(10)19(16,17)18;/h2-8H,1H2,(H,14,15)(H,16,17,18);/q;+1/p-1. The van der Waals surface area contributed by atoms with Gasteiger partial charge < -0.3 is 9.87 Å². The van der Waals surface area contributed by atoms with Gasteiger partial charge in [0.15, 0.2) is 0 Å². The van der Waals surface area contributed by atoms with Crippen molar-refractivity contribution in [1.29, 1.82) is 0 Å². The molecule has 0 fully saturated rings. The Balaban J connectivity index is 0.00000200. The van der Waals surface area contributed by atoms with E-state index in [4.69, 9.17) is 0 Å². The molecular formula is C13H10NNaO4S. The molecule has 0 radical (unpaired) electrons. The van der Waals surface area contributed by atoms with Crippen molar-refractivity contribution in [2.24, 2.45) is 0 Å². The van der Waals surface area contributed by atoms with Gasteiger partial charge in [0.1, 0.15) is 10.1 Å². The second kappa shape index (κ2) is 6.51. The molecule has 0 saturated heterocycles. The Hall–Kier alpha value is -1.18. The van der Waals surface area contributed by atoms with Gasteiger partial charge in [0.25, 0.3) is 0 Å². The van der Waals surface area contributed by atoms with Gasteiger partial charge in [0.2, 0.25) is 5.91 Å². The van der Waals surface area contributed by atoms with Gasteiger partial charge >= 0.3 is 29.6 Å². The molecule has 2 aromatic carbocycles. The number of fused-ring (bicyclic) bond motifs is 1. The molecule has 0 unspecified atom stereocenters. The van der Waals surface area contributed by atoms with Crippen LogP contribution in [-0.2, 0) is 14.9 Å². The van der Waals surface area contributed by atoms with Crippen LogP contribution in [0.1, 0.15) is 0 Å². The van der Waals surface area contributed by atoms with Crippen LogP contribution in [0.5, 0.6) is 0 Å². The van der Waals surface area contributed by atoms with E-state index >= 15 is 0 Å². The van der Waals surface area contributed by atoms with Gasteiger partial charge in [-0.1, -0.05) is 30.8 Å². The summed E-state index contributed by atoms with van der Waals surface area (Å²) in [6.07, 6.45) is 1.10. The third-order valence-electron chi connectivity index (χ3n) is 2.59. The summed E-state index contributed by atoms with van der Waals surface area (Å²) in [7, 11) is -4.56. The Morgan fingerprint density at radius 1 is 1.15 bits per heavy atom. The quantitative estimate of drug-likeness (QED) is 0.441. The Kier molecular flexibility index (Phi) is 5.50. The normalized spacial score (nSPS) is 10.7. The average molecular weight is 299 g/mol. The van der Waals surface area contributed by atoms with E-state index < -0.39 is 16.0 Å². The third kappa shape index (κ3) is 3.47. The van der Waals surface area contributed by atoms with Crippen molar-refractivity contribution >= 4 is 32.5 Å². The van der Waals surface area contributed by atoms with E-state index in [-0.39, 0.29) is 39.8 Å². The molecule has 0 aliphatic carbocycles. The number of hydrogen-bond acceptors (Lipinski definition) is 4. The van der Waals surface area contributed by atoms with Crippen LogP contribution in [0.3, 0.4) is 0 Å². The molecule has 0 aromatic heterocycles. The maximum atomic E-state index is 11.3. The Morgan fingerprint density at radius 3 is 2.35 bits per heavy atom. The molecule has 20 heavy (non-hydrogen) atoms. The molecule has 0 aliphatic rings. The maximum Gasteiger partial charge on any atom is 1.00 e. The first-order chi connectivity index (χ1) is 8.93. The fourth-order valence-corrected chi connectivity index (χ4v) is 2.48. The van der Waals surface area contributed by atoms with E-state index in [0.717, 1.165) is 6.08 Å². The van der Waals surface area contributed by atoms with Crippen LogP contribution in [0.15, 0.2) is 53.9 Å². The SMILES string of the molecule is C=CC(=O)Nc1cccc2c(S(=O)(=O)[O-])cccc12.[Na+]. The molecule has 0 saturated carbocycles. The molecule has 0 atom stereocenters.